The number of nitrogens with one attached hydrogen (secondary N) is 1. The number of hydrogen-bond donors (Lipinski definition) is 2. The summed E-state index contributed by atoms with van der Waals surface area (Å²) in [5.41, 5.74) is 6.72. The summed E-state index contributed by atoms with van der Waals surface area (Å²) in [5.74, 6) is 0.686. The minimum Gasteiger partial charge on any atom is -0.462 e. The summed E-state index contributed by atoms with van der Waals surface area (Å²) in [6, 6.07) is 3.71. The zero-order chi connectivity index (χ0) is 15.6. The molecular weight excluding hydrogens is 334 g/mol. The van der Waals surface area contributed by atoms with Crippen LogP contribution in [0.1, 0.15) is 38.3 Å². The van der Waals surface area contributed by atoms with E-state index in [9.17, 15) is 4.79 Å². The molecule has 126 valence electrons. The first kappa shape index (κ1) is 18.0. The molecule has 2 aromatic rings. The van der Waals surface area contributed by atoms with Crippen LogP contribution in [0.2, 0.25) is 0 Å². The van der Waals surface area contributed by atoms with Gasteiger partial charge >= 0.3 is 0 Å². The highest BCUT2D eigenvalue weighted by Crippen LogP contribution is 2.31. The van der Waals surface area contributed by atoms with Gasteiger partial charge in [0.1, 0.15) is 0 Å². The van der Waals surface area contributed by atoms with Crippen molar-refractivity contribution in [3.63, 3.8) is 0 Å². The largest absolute Gasteiger partial charge is 0.462 e. The molecule has 23 heavy (non-hydrogen) atoms. The fourth-order valence-corrected chi connectivity index (χ4v) is 3.78. The highest BCUT2D eigenvalue weighted by Gasteiger charge is 2.37. The highest BCUT2D eigenvalue weighted by molar-refractivity contribution is 7.13. The molecule has 1 aliphatic carbocycles. The van der Waals surface area contributed by atoms with Gasteiger partial charge < -0.3 is 15.5 Å². The predicted molar refractivity (Wildman–Crippen MR) is 93.5 cm³/mol. The third-order valence-corrected chi connectivity index (χ3v) is 5.20. The highest BCUT2D eigenvalue weighted by atomic mass is 35.5. The molecule has 3 rings (SSSR count). The van der Waals surface area contributed by atoms with Crippen molar-refractivity contribution in [1.29, 1.82) is 0 Å². The number of halogens is 1. The van der Waals surface area contributed by atoms with Crippen molar-refractivity contribution in [3.8, 4) is 10.8 Å². The third-order valence-electron chi connectivity index (χ3n) is 4.30. The number of carbonyl (C=O) groups is 1. The summed E-state index contributed by atoms with van der Waals surface area (Å²) in [6.07, 6.45) is 5.58. The number of thiazole rings is 1. The Morgan fingerprint density at radius 2 is 2.39 bits per heavy atom. The third kappa shape index (κ3) is 4.13. The fraction of sp³-hybridized carbons (Fsp3) is 0.500. The quantitative estimate of drug-likeness (QED) is 0.881. The SMILES string of the molecule is CC1(N)CCCCC1C(=O)NCc1csc(-c2ccco2)n1.Cl. The molecule has 3 N–H and O–H groups in total. The van der Waals surface area contributed by atoms with Crippen molar-refractivity contribution in [2.24, 2.45) is 11.7 Å². The number of carbonyl (C=O) groups excluding carboxylic acids is 1. The maximum atomic E-state index is 12.4. The van der Waals surface area contributed by atoms with Gasteiger partial charge in [-0.2, -0.15) is 0 Å². The van der Waals surface area contributed by atoms with Crippen LogP contribution in [0.5, 0.6) is 0 Å². The van der Waals surface area contributed by atoms with Crippen LogP contribution in [-0.2, 0) is 11.3 Å². The van der Waals surface area contributed by atoms with Crippen molar-refractivity contribution in [2.75, 3.05) is 0 Å². The second-order valence-corrected chi connectivity index (χ2v) is 7.00. The molecule has 1 saturated carbocycles. The van der Waals surface area contributed by atoms with Crippen molar-refractivity contribution < 1.29 is 9.21 Å². The van der Waals surface area contributed by atoms with Crippen LogP contribution in [0, 0.1) is 5.92 Å². The van der Waals surface area contributed by atoms with Gasteiger partial charge in [0.25, 0.3) is 0 Å². The van der Waals surface area contributed by atoms with Gasteiger partial charge in [-0.1, -0.05) is 12.8 Å². The molecule has 0 spiro atoms. The fourth-order valence-electron chi connectivity index (χ4n) is 2.99. The molecule has 2 unspecified atom stereocenters. The molecule has 0 aromatic carbocycles. The molecule has 2 atom stereocenters. The van der Waals surface area contributed by atoms with Crippen LogP contribution in [0.4, 0.5) is 0 Å². The Labute approximate surface area is 146 Å². The van der Waals surface area contributed by atoms with E-state index in [1.54, 1.807) is 6.26 Å². The second-order valence-electron chi connectivity index (χ2n) is 6.14. The lowest BCUT2D eigenvalue weighted by Gasteiger charge is -2.37. The number of furan rings is 1. The molecule has 7 heteroatoms. The molecule has 0 saturated heterocycles. The molecule has 0 bridgehead atoms. The van der Waals surface area contributed by atoms with E-state index in [0.717, 1.165) is 42.1 Å². The Kier molecular flexibility index (Phi) is 5.84. The van der Waals surface area contributed by atoms with Gasteiger partial charge in [-0.05, 0) is 31.9 Å². The minimum absolute atomic E-state index is 0. The van der Waals surface area contributed by atoms with Gasteiger partial charge in [-0.15, -0.1) is 23.7 Å². The number of rotatable bonds is 4. The van der Waals surface area contributed by atoms with Gasteiger partial charge in [0, 0.05) is 10.9 Å². The average Bonchev–Trinajstić information content (AvgIpc) is 3.15. The van der Waals surface area contributed by atoms with E-state index in [1.165, 1.54) is 11.3 Å². The Morgan fingerprint density at radius 1 is 1.57 bits per heavy atom. The molecule has 1 aliphatic rings. The monoisotopic (exact) mass is 355 g/mol. The summed E-state index contributed by atoms with van der Waals surface area (Å²) in [5, 5.41) is 5.75. The molecule has 1 amide bonds. The van der Waals surface area contributed by atoms with Crippen molar-refractivity contribution >= 4 is 29.7 Å². The van der Waals surface area contributed by atoms with E-state index in [-0.39, 0.29) is 24.2 Å². The Bertz CT molecular complexity index is 640. The first-order chi connectivity index (χ1) is 10.6. The molecule has 0 radical (unpaired) electrons. The van der Waals surface area contributed by atoms with Crippen LogP contribution in [0.3, 0.4) is 0 Å². The lowest BCUT2D eigenvalue weighted by Crippen LogP contribution is -2.52. The van der Waals surface area contributed by atoms with E-state index in [4.69, 9.17) is 10.2 Å². The molecule has 0 aliphatic heterocycles. The van der Waals surface area contributed by atoms with Crippen LogP contribution in [0.25, 0.3) is 10.8 Å². The first-order valence-electron chi connectivity index (χ1n) is 7.61. The van der Waals surface area contributed by atoms with Crippen molar-refractivity contribution in [1.82, 2.24) is 10.3 Å². The zero-order valence-electron chi connectivity index (χ0n) is 13.1. The molecule has 5 nitrogen and oxygen atoms in total. The Hall–Kier alpha value is -1.37. The van der Waals surface area contributed by atoms with Crippen LogP contribution < -0.4 is 11.1 Å². The standard InChI is InChI=1S/C16H21N3O2S.ClH/c1-16(17)7-3-2-5-12(16)14(20)18-9-11-10-22-15(19-11)13-6-4-8-21-13;/h4,6,8,10,12H,2-3,5,7,9,17H2,1H3,(H,18,20);1H. The summed E-state index contributed by atoms with van der Waals surface area (Å²) in [6.45, 7) is 2.41. The maximum absolute atomic E-state index is 12.4. The summed E-state index contributed by atoms with van der Waals surface area (Å²) >= 11 is 1.51. The van der Waals surface area contributed by atoms with Crippen molar-refractivity contribution in [3.05, 3.63) is 29.5 Å². The number of amides is 1. The lowest BCUT2D eigenvalue weighted by molar-refractivity contribution is -0.128. The number of nitrogens with zero attached hydrogens (tertiary/aromatic N) is 1. The molecule has 2 aromatic heterocycles. The molecular formula is C16H22ClN3O2S. The lowest BCUT2D eigenvalue weighted by atomic mass is 9.74. The minimum atomic E-state index is -0.399. The van der Waals surface area contributed by atoms with E-state index >= 15 is 0 Å². The normalized spacial score (nSPS) is 24.0. The smallest absolute Gasteiger partial charge is 0.225 e. The van der Waals surface area contributed by atoms with E-state index in [2.05, 4.69) is 10.3 Å². The van der Waals surface area contributed by atoms with Gasteiger partial charge in [0.2, 0.25) is 5.91 Å². The molecule has 1 fully saturated rings. The zero-order valence-corrected chi connectivity index (χ0v) is 14.7. The van der Waals surface area contributed by atoms with Gasteiger partial charge in [-0.3, -0.25) is 4.79 Å². The molecule has 2 heterocycles. The van der Waals surface area contributed by atoms with Crippen LogP contribution in [0.15, 0.2) is 28.2 Å². The Balaban J connectivity index is 0.00000192. The van der Waals surface area contributed by atoms with Gasteiger partial charge in [-0.25, -0.2) is 4.98 Å². The van der Waals surface area contributed by atoms with Crippen molar-refractivity contribution in [2.45, 2.75) is 44.7 Å². The van der Waals surface area contributed by atoms with E-state index in [0.29, 0.717) is 6.54 Å². The number of nitrogens with two attached hydrogens (primary N) is 1. The predicted octanol–water partition coefficient (Wildman–Crippen LogP) is 3.35. The van der Waals surface area contributed by atoms with Gasteiger partial charge in [0.15, 0.2) is 10.8 Å². The number of aromatic nitrogens is 1. The van der Waals surface area contributed by atoms with Gasteiger partial charge in [0.05, 0.1) is 24.4 Å². The Morgan fingerprint density at radius 3 is 3.09 bits per heavy atom. The summed E-state index contributed by atoms with van der Waals surface area (Å²) in [7, 11) is 0. The topological polar surface area (TPSA) is 81.2 Å². The maximum Gasteiger partial charge on any atom is 0.225 e. The summed E-state index contributed by atoms with van der Waals surface area (Å²) in [4.78, 5) is 16.9. The van der Waals surface area contributed by atoms with E-state index in [1.807, 2.05) is 24.4 Å². The summed E-state index contributed by atoms with van der Waals surface area (Å²) < 4.78 is 5.32. The first-order valence-corrected chi connectivity index (χ1v) is 8.49. The average molecular weight is 356 g/mol. The van der Waals surface area contributed by atoms with E-state index < -0.39 is 5.54 Å². The number of hydrogen-bond acceptors (Lipinski definition) is 5. The second kappa shape index (κ2) is 7.47. The van der Waals surface area contributed by atoms with Crippen LogP contribution >= 0.6 is 23.7 Å². The van der Waals surface area contributed by atoms with Crippen LogP contribution in [-0.4, -0.2) is 16.4 Å².